The molecule has 5 heteroatoms. The third-order valence-electron chi connectivity index (χ3n) is 5.06. The smallest absolute Gasteiger partial charge is 0.225 e. The van der Waals surface area contributed by atoms with Gasteiger partial charge in [-0.1, -0.05) is 18.2 Å². The monoisotopic (exact) mass is 337 g/mol. The van der Waals surface area contributed by atoms with E-state index in [0.717, 1.165) is 30.7 Å². The summed E-state index contributed by atoms with van der Waals surface area (Å²) in [6, 6.07) is 12.7. The Bertz CT molecular complexity index is 728. The lowest BCUT2D eigenvalue weighted by Crippen LogP contribution is -2.37. The van der Waals surface area contributed by atoms with Gasteiger partial charge in [0.2, 0.25) is 5.91 Å². The molecule has 0 spiro atoms. The van der Waals surface area contributed by atoms with Crippen LogP contribution in [0.3, 0.4) is 0 Å². The number of rotatable bonds is 6. The fraction of sp³-hybridized carbons (Fsp3) is 0.400. The van der Waals surface area contributed by atoms with E-state index in [1.54, 1.807) is 13.3 Å². The van der Waals surface area contributed by atoms with Crippen molar-refractivity contribution in [3.05, 3.63) is 59.9 Å². The van der Waals surface area contributed by atoms with Crippen LogP contribution in [0.1, 0.15) is 36.4 Å². The minimum Gasteiger partial charge on any atom is -0.497 e. The highest BCUT2D eigenvalue weighted by Crippen LogP contribution is 2.41. The van der Waals surface area contributed by atoms with Crippen molar-refractivity contribution in [1.29, 1.82) is 0 Å². The zero-order valence-corrected chi connectivity index (χ0v) is 14.4. The Morgan fingerprint density at radius 1 is 1.24 bits per heavy atom. The summed E-state index contributed by atoms with van der Waals surface area (Å²) in [5, 5.41) is 3.60. The highest BCUT2D eigenvalue weighted by molar-refractivity contribution is 5.81. The summed E-state index contributed by atoms with van der Waals surface area (Å²) < 4.78 is 5.20. The van der Waals surface area contributed by atoms with E-state index >= 15 is 0 Å². The Morgan fingerprint density at radius 2 is 2.04 bits per heavy atom. The molecule has 2 heterocycles. The van der Waals surface area contributed by atoms with Gasteiger partial charge in [0.05, 0.1) is 13.2 Å². The standard InChI is InChI=1S/C20H23N3O2/c1-25-17-8-4-14(5-9-17)12-22-18-11-19(24)23(16-6-7-16)20(18)15-3-2-10-21-13-15/h2-5,8-10,13,16,18,20,22H,6-7,11-12H2,1H3/t18-,20+/m1/s1. The molecular weight excluding hydrogens is 314 g/mol. The molecule has 2 aromatic rings. The Labute approximate surface area is 148 Å². The Balaban J connectivity index is 1.51. The number of pyridine rings is 1. The predicted octanol–water partition coefficient (Wildman–Crippen LogP) is 2.68. The van der Waals surface area contributed by atoms with Gasteiger partial charge in [-0.05, 0) is 42.2 Å². The number of hydrogen-bond donors (Lipinski definition) is 1. The molecule has 1 aliphatic heterocycles. The first-order valence-electron chi connectivity index (χ1n) is 8.83. The van der Waals surface area contributed by atoms with Gasteiger partial charge in [0.1, 0.15) is 5.75 Å². The summed E-state index contributed by atoms with van der Waals surface area (Å²) in [4.78, 5) is 18.9. The normalized spacial score (nSPS) is 23.1. The summed E-state index contributed by atoms with van der Waals surface area (Å²) in [5.74, 6) is 1.11. The molecule has 0 radical (unpaired) electrons. The quantitative estimate of drug-likeness (QED) is 0.880. The van der Waals surface area contributed by atoms with Gasteiger partial charge in [0, 0.05) is 37.4 Å². The average Bonchev–Trinajstić information content (AvgIpc) is 3.44. The van der Waals surface area contributed by atoms with Gasteiger partial charge in [-0.2, -0.15) is 0 Å². The molecule has 0 bridgehead atoms. The lowest BCUT2D eigenvalue weighted by atomic mass is 10.0. The maximum Gasteiger partial charge on any atom is 0.225 e. The number of benzene rings is 1. The van der Waals surface area contributed by atoms with Crippen LogP contribution in [0, 0.1) is 0 Å². The second kappa shape index (κ2) is 6.84. The van der Waals surface area contributed by atoms with Gasteiger partial charge in [-0.25, -0.2) is 0 Å². The summed E-state index contributed by atoms with van der Waals surface area (Å²) in [6.45, 7) is 0.733. The molecule has 1 N–H and O–H groups in total. The molecule has 130 valence electrons. The Morgan fingerprint density at radius 3 is 2.68 bits per heavy atom. The molecule has 1 aromatic carbocycles. The minimum atomic E-state index is 0.0759. The molecule has 1 aromatic heterocycles. The topological polar surface area (TPSA) is 54.5 Å². The number of aromatic nitrogens is 1. The third-order valence-corrected chi connectivity index (χ3v) is 5.06. The molecule has 1 saturated heterocycles. The number of nitrogens with zero attached hydrogens (tertiary/aromatic N) is 2. The lowest BCUT2D eigenvalue weighted by Gasteiger charge is -2.29. The third kappa shape index (κ3) is 3.37. The van der Waals surface area contributed by atoms with Crippen molar-refractivity contribution in [2.75, 3.05) is 7.11 Å². The molecule has 0 unspecified atom stereocenters. The van der Waals surface area contributed by atoms with Crippen LogP contribution >= 0.6 is 0 Å². The van der Waals surface area contributed by atoms with E-state index < -0.39 is 0 Å². The molecule has 1 saturated carbocycles. The van der Waals surface area contributed by atoms with Gasteiger partial charge < -0.3 is 15.0 Å². The summed E-state index contributed by atoms with van der Waals surface area (Å²) >= 11 is 0. The summed E-state index contributed by atoms with van der Waals surface area (Å²) in [6.07, 6.45) is 6.45. The van der Waals surface area contributed by atoms with Gasteiger partial charge >= 0.3 is 0 Å². The SMILES string of the molecule is COc1ccc(CN[C@@H]2CC(=O)N(C3CC3)[C@H]2c2cccnc2)cc1. The predicted molar refractivity (Wildman–Crippen MR) is 95.1 cm³/mol. The molecule has 25 heavy (non-hydrogen) atoms. The molecule has 2 fully saturated rings. The number of carbonyl (C=O) groups excluding carboxylic acids is 1. The molecular formula is C20H23N3O2. The van der Waals surface area contributed by atoms with Gasteiger partial charge in [-0.15, -0.1) is 0 Å². The van der Waals surface area contributed by atoms with Crippen LogP contribution in [0.15, 0.2) is 48.8 Å². The van der Waals surface area contributed by atoms with Gasteiger partial charge in [0.15, 0.2) is 0 Å². The van der Waals surface area contributed by atoms with Crippen LogP contribution in [0.2, 0.25) is 0 Å². The molecule has 2 atom stereocenters. The highest BCUT2D eigenvalue weighted by Gasteiger charge is 2.47. The summed E-state index contributed by atoms with van der Waals surface area (Å²) in [5.41, 5.74) is 2.30. The maximum absolute atomic E-state index is 12.6. The van der Waals surface area contributed by atoms with Crippen LogP contribution in [0.4, 0.5) is 0 Å². The van der Waals surface area contributed by atoms with Crippen LogP contribution in [-0.4, -0.2) is 35.0 Å². The molecule has 2 aliphatic rings. The van der Waals surface area contributed by atoms with Crippen molar-refractivity contribution in [2.45, 2.75) is 43.9 Å². The van der Waals surface area contributed by atoms with E-state index in [4.69, 9.17) is 4.74 Å². The number of ether oxygens (including phenoxy) is 1. The summed E-state index contributed by atoms with van der Waals surface area (Å²) in [7, 11) is 1.67. The van der Waals surface area contributed by atoms with Crippen molar-refractivity contribution in [3.8, 4) is 5.75 Å². The average molecular weight is 337 g/mol. The number of nitrogens with one attached hydrogen (secondary N) is 1. The first-order valence-corrected chi connectivity index (χ1v) is 8.83. The van der Waals surface area contributed by atoms with E-state index in [9.17, 15) is 4.79 Å². The van der Waals surface area contributed by atoms with E-state index in [0.29, 0.717) is 12.5 Å². The van der Waals surface area contributed by atoms with Crippen LogP contribution < -0.4 is 10.1 Å². The van der Waals surface area contributed by atoms with E-state index in [-0.39, 0.29) is 18.0 Å². The number of amides is 1. The lowest BCUT2D eigenvalue weighted by molar-refractivity contribution is -0.129. The Hall–Kier alpha value is -2.40. The first-order chi connectivity index (χ1) is 12.3. The number of hydrogen-bond acceptors (Lipinski definition) is 4. The van der Waals surface area contributed by atoms with Crippen molar-refractivity contribution in [2.24, 2.45) is 0 Å². The molecule has 5 nitrogen and oxygen atoms in total. The molecule has 1 amide bonds. The van der Waals surface area contributed by atoms with E-state index in [2.05, 4.69) is 33.4 Å². The number of carbonyl (C=O) groups is 1. The second-order valence-corrected chi connectivity index (χ2v) is 6.80. The van der Waals surface area contributed by atoms with Gasteiger partial charge in [0.25, 0.3) is 0 Å². The second-order valence-electron chi connectivity index (χ2n) is 6.80. The molecule has 4 rings (SSSR count). The van der Waals surface area contributed by atoms with Crippen LogP contribution in [0.5, 0.6) is 5.75 Å². The Kier molecular flexibility index (Phi) is 4.40. The van der Waals surface area contributed by atoms with Crippen molar-refractivity contribution in [1.82, 2.24) is 15.2 Å². The maximum atomic E-state index is 12.6. The number of likely N-dealkylation sites (tertiary alicyclic amines) is 1. The zero-order chi connectivity index (χ0) is 17.2. The van der Waals surface area contributed by atoms with Crippen molar-refractivity contribution >= 4 is 5.91 Å². The van der Waals surface area contributed by atoms with E-state index in [1.165, 1.54) is 5.56 Å². The molecule has 1 aliphatic carbocycles. The van der Waals surface area contributed by atoms with Crippen molar-refractivity contribution in [3.63, 3.8) is 0 Å². The van der Waals surface area contributed by atoms with E-state index in [1.807, 2.05) is 24.4 Å². The highest BCUT2D eigenvalue weighted by atomic mass is 16.5. The van der Waals surface area contributed by atoms with Crippen LogP contribution in [-0.2, 0) is 11.3 Å². The fourth-order valence-corrected chi connectivity index (χ4v) is 3.66. The minimum absolute atomic E-state index is 0.0759. The number of methoxy groups -OCH3 is 1. The zero-order valence-electron chi connectivity index (χ0n) is 14.4. The van der Waals surface area contributed by atoms with Crippen LogP contribution in [0.25, 0.3) is 0 Å². The largest absolute Gasteiger partial charge is 0.497 e. The fourth-order valence-electron chi connectivity index (χ4n) is 3.66. The first kappa shape index (κ1) is 16.1. The van der Waals surface area contributed by atoms with Gasteiger partial charge in [-0.3, -0.25) is 9.78 Å². The van der Waals surface area contributed by atoms with Crippen molar-refractivity contribution < 1.29 is 9.53 Å².